The van der Waals surface area contributed by atoms with Crippen LogP contribution < -0.4 is 15.5 Å². The Hall–Kier alpha value is -3.80. The molecule has 1 saturated carbocycles. The van der Waals surface area contributed by atoms with Gasteiger partial charge in [0.1, 0.15) is 17.9 Å². The molecule has 4 rings (SSSR count). The zero-order chi connectivity index (χ0) is 26.2. The lowest BCUT2D eigenvalue weighted by molar-refractivity contribution is -0.133. The van der Waals surface area contributed by atoms with Crippen LogP contribution in [0.4, 0.5) is 28.4 Å². The van der Waals surface area contributed by atoms with Crippen LogP contribution in [0.2, 0.25) is 5.02 Å². The highest BCUT2D eigenvalue weighted by atomic mass is 35.5. The molecule has 36 heavy (non-hydrogen) atoms. The third-order valence-electron chi connectivity index (χ3n) is 5.90. The average molecular weight is 525 g/mol. The van der Waals surface area contributed by atoms with Gasteiger partial charge in [-0.05, 0) is 24.3 Å². The van der Waals surface area contributed by atoms with E-state index in [2.05, 4.69) is 10.6 Å². The highest BCUT2D eigenvalue weighted by molar-refractivity contribution is 6.31. The quantitative estimate of drug-likeness (QED) is 0.534. The fourth-order valence-corrected chi connectivity index (χ4v) is 4.42. The summed E-state index contributed by atoms with van der Waals surface area (Å²) in [4.78, 5) is 51.8. The van der Waals surface area contributed by atoms with Crippen LogP contribution in [0.15, 0.2) is 48.5 Å². The highest BCUT2D eigenvalue weighted by Gasteiger charge is 2.48. The number of nitrogens with zero attached hydrogens (tertiary/aromatic N) is 2. The Bertz CT molecular complexity index is 1220. The lowest BCUT2D eigenvalue weighted by atomic mass is 9.87. The van der Waals surface area contributed by atoms with Crippen LogP contribution in [0.3, 0.4) is 0 Å². The van der Waals surface area contributed by atoms with Crippen molar-refractivity contribution < 1.29 is 37.5 Å². The first-order valence-electron chi connectivity index (χ1n) is 10.8. The Morgan fingerprint density at radius 1 is 1.17 bits per heavy atom. The normalized spacial score (nSPS) is 19.7. The number of amides is 5. The molecular weight excluding hydrogens is 505 g/mol. The fourth-order valence-electron chi connectivity index (χ4n) is 4.18. The van der Waals surface area contributed by atoms with Gasteiger partial charge in [0.05, 0.1) is 6.54 Å². The second-order valence-electron chi connectivity index (χ2n) is 8.48. The van der Waals surface area contributed by atoms with Gasteiger partial charge in [-0.25, -0.2) is 27.7 Å². The van der Waals surface area contributed by atoms with Gasteiger partial charge in [0.2, 0.25) is 5.91 Å². The van der Waals surface area contributed by atoms with Gasteiger partial charge in [0.15, 0.2) is 0 Å². The Balaban J connectivity index is 1.77. The maximum atomic E-state index is 14.2. The molecule has 1 unspecified atom stereocenters. The third kappa shape index (κ3) is 5.08. The summed E-state index contributed by atoms with van der Waals surface area (Å²) in [5, 5.41) is 14.0. The summed E-state index contributed by atoms with van der Waals surface area (Å²) in [6, 6.07) is 5.82. The van der Waals surface area contributed by atoms with Gasteiger partial charge in [-0.2, -0.15) is 0 Å². The second-order valence-corrected chi connectivity index (χ2v) is 8.88. The van der Waals surface area contributed by atoms with E-state index in [1.165, 1.54) is 30.3 Å². The first-order chi connectivity index (χ1) is 17.0. The highest BCUT2D eigenvalue weighted by Crippen LogP contribution is 2.39. The van der Waals surface area contributed by atoms with Gasteiger partial charge in [-0.3, -0.25) is 14.5 Å². The van der Waals surface area contributed by atoms with Crippen molar-refractivity contribution in [1.29, 1.82) is 0 Å². The molecule has 0 bridgehead atoms. The van der Waals surface area contributed by atoms with Crippen LogP contribution in [-0.4, -0.2) is 58.5 Å². The molecule has 190 valence electrons. The van der Waals surface area contributed by atoms with E-state index in [0.29, 0.717) is 4.90 Å². The molecule has 1 aliphatic heterocycles. The molecule has 2 aromatic rings. The van der Waals surface area contributed by atoms with E-state index in [-0.39, 0.29) is 16.3 Å². The largest absolute Gasteiger partial charge is 0.465 e. The number of hydrogen-bond acceptors (Lipinski definition) is 4. The Labute approximate surface area is 207 Å². The summed E-state index contributed by atoms with van der Waals surface area (Å²) in [5.41, 5.74) is 0.0156. The number of rotatable bonds is 6. The SMILES string of the molecule is O=C(NC1CC(F)(F)C1)C(c1ccccc1Cl)N(C(=O)[C@@H]1CN(C(=O)O)C(=O)N1)c1cccc(F)c1. The number of carbonyl (C=O) groups excluding carboxylic acids is 3. The molecule has 1 heterocycles. The van der Waals surface area contributed by atoms with Gasteiger partial charge in [-0.15, -0.1) is 0 Å². The van der Waals surface area contributed by atoms with Crippen LogP contribution in [0.5, 0.6) is 0 Å². The number of halogens is 4. The summed E-state index contributed by atoms with van der Waals surface area (Å²) in [7, 11) is 0. The van der Waals surface area contributed by atoms with Crippen LogP contribution in [-0.2, 0) is 9.59 Å². The smallest absolute Gasteiger partial charge is 0.415 e. The Kier molecular flexibility index (Phi) is 6.81. The molecule has 0 spiro atoms. The number of hydrogen-bond donors (Lipinski definition) is 3. The van der Waals surface area contributed by atoms with Crippen LogP contribution in [0.1, 0.15) is 24.4 Å². The monoisotopic (exact) mass is 524 g/mol. The van der Waals surface area contributed by atoms with E-state index in [4.69, 9.17) is 11.6 Å². The predicted octanol–water partition coefficient (Wildman–Crippen LogP) is 3.54. The molecule has 5 amide bonds. The molecule has 2 fully saturated rings. The second kappa shape index (κ2) is 9.69. The molecule has 2 aromatic carbocycles. The van der Waals surface area contributed by atoms with Gasteiger partial charge < -0.3 is 15.7 Å². The van der Waals surface area contributed by atoms with Gasteiger partial charge in [0.25, 0.3) is 11.8 Å². The summed E-state index contributed by atoms with van der Waals surface area (Å²) in [6.45, 7) is -0.565. The first kappa shape index (κ1) is 25.3. The van der Waals surface area contributed by atoms with Crippen molar-refractivity contribution in [2.24, 2.45) is 0 Å². The van der Waals surface area contributed by atoms with E-state index in [1.807, 2.05) is 0 Å². The maximum absolute atomic E-state index is 14.2. The molecule has 0 aromatic heterocycles. The topological polar surface area (TPSA) is 119 Å². The van der Waals surface area contributed by atoms with Crippen molar-refractivity contribution in [3.8, 4) is 0 Å². The number of nitrogens with one attached hydrogen (secondary N) is 2. The molecule has 1 saturated heterocycles. The van der Waals surface area contributed by atoms with Gasteiger partial charge >= 0.3 is 12.1 Å². The molecule has 3 N–H and O–H groups in total. The Morgan fingerprint density at radius 2 is 1.86 bits per heavy atom. The van der Waals surface area contributed by atoms with Gasteiger partial charge in [-0.1, -0.05) is 35.9 Å². The standard InChI is InChI=1S/C23H20ClF3N4O5/c24-16-7-2-1-6-15(16)18(19(32)28-13-9-23(26,27)10-13)31(14-5-3-4-12(25)8-14)20(33)17-11-30(22(35)36)21(34)29-17/h1-8,13,17-18H,9-11H2,(H,28,32)(H,29,34)(H,35,36)/t17-,18?/m0/s1. The number of carbonyl (C=O) groups is 4. The van der Waals surface area contributed by atoms with Crippen LogP contribution in [0, 0.1) is 5.82 Å². The molecule has 0 radical (unpaired) electrons. The molecule has 1 aliphatic carbocycles. The summed E-state index contributed by atoms with van der Waals surface area (Å²) >= 11 is 6.34. The van der Waals surface area contributed by atoms with Crippen molar-refractivity contribution in [3.05, 3.63) is 64.9 Å². The number of benzene rings is 2. The number of carboxylic acid groups (broad SMARTS) is 1. The summed E-state index contributed by atoms with van der Waals surface area (Å²) in [5.74, 6) is -5.47. The van der Waals surface area contributed by atoms with Crippen molar-refractivity contribution in [1.82, 2.24) is 15.5 Å². The minimum atomic E-state index is -2.93. The van der Waals surface area contributed by atoms with E-state index in [9.17, 15) is 37.5 Å². The number of urea groups is 1. The fraction of sp³-hybridized carbons (Fsp3) is 0.304. The lowest BCUT2D eigenvalue weighted by Crippen LogP contribution is -2.56. The van der Waals surface area contributed by atoms with Crippen molar-refractivity contribution in [3.63, 3.8) is 0 Å². The van der Waals surface area contributed by atoms with Gasteiger partial charge in [0, 0.05) is 35.2 Å². The van der Waals surface area contributed by atoms with E-state index in [1.54, 1.807) is 6.07 Å². The lowest BCUT2D eigenvalue weighted by Gasteiger charge is -2.38. The van der Waals surface area contributed by atoms with Crippen molar-refractivity contribution in [2.75, 3.05) is 11.4 Å². The molecule has 2 aliphatic rings. The maximum Gasteiger partial charge on any atom is 0.415 e. The molecule has 9 nitrogen and oxygen atoms in total. The zero-order valence-electron chi connectivity index (χ0n) is 18.5. The van der Waals surface area contributed by atoms with E-state index in [0.717, 1.165) is 17.0 Å². The molecular formula is C23H20ClF3N4O5. The molecule has 2 atom stereocenters. The number of anilines is 1. The van der Waals surface area contributed by atoms with Crippen molar-refractivity contribution in [2.45, 2.75) is 36.9 Å². The average Bonchev–Trinajstić information content (AvgIpc) is 3.18. The van der Waals surface area contributed by atoms with Crippen LogP contribution in [0.25, 0.3) is 0 Å². The van der Waals surface area contributed by atoms with E-state index < -0.39 is 73.2 Å². The summed E-state index contributed by atoms with van der Waals surface area (Å²) in [6.07, 6.45) is -2.77. The minimum absolute atomic E-state index is 0.0633. The first-order valence-corrected chi connectivity index (χ1v) is 11.2. The van der Waals surface area contributed by atoms with Crippen LogP contribution >= 0.6 is 11.6 Å². The third-order valence-corrected chi connectivity index (χ3v) is 6.25. The number of alkyl halides is 2. The zero-order valence-corrected chi connectivity index (χ0v) is 19.2. The Morgan fingerprint density at radius 3 is 2.44 bits per heavy atom. The predicted molar refractivity (Wildman–Crippen MR) is 121 cm³/mol. The summed E-state index contributed by atoms with van der Waals surface area (Å²) < 4.78 is 41.0. The number of imide groups is 1. The minimum Gasteiger partial charge on any atom is -0.465 e. The molecule has 13 heteroatoms. The van der Waals surface area contributed by atoms with E-state index >= 15 is 0 Å². The van der Waals surface area contributed by atoms with Crippen molar-refractivity contribution >= 4 is 41.2 Å².